The number of ether oxygens (including phenoxy) is 2. The molecule has 0 aromatic carbocycles. The van der Waals surface area contributed by atoms with E-state index in [1.54, 1.807) is 0 Å². The highest BCUT2D eigenvalue weighted by molar-refractivity contribution is 5.72. The van der Waals surface area contributed by atoms with E-state index in [2.05, 4.69) is 26.1 Å². The molecule has 1 atom stereocenters. The van der Waals surface area contributed by atoms with Gasteiger partial charge in [0, 0.05) is 13.2 Å². The fourth-order valence-electron chi connectivity index (χ4n) is 3.88. The Morgan fingerprint density at radius 1 is 0.613 bits per heavy atom. The molecule has 0 bridgehead atoms. The van der Waals surface area contributed by atoms with E-state index in [1.165, 1.54) is 77.0 Å². The molecule has 0 aromatic rings. The van der Waals surface area contributed by atoms with Crippen LogP contribution in [0.1, 0.15) is 130 Å². The van der Waals surface area contributed by atoms with Gasteiger partial charge in [-0.2, -0.15) is 0 Å². The van der Waals surface area contributed by atoms with Gasteiger partial charge in [0.05, 0.1) is 19.1 Å². The van der Waals surface area contributed by atoms with Crippen molar-refractivity contribution >= 4 is 5.97 Å². The lowest BCUT2D eigenvalue weighted by atomic mass is 9.94. The van der Waals surface area contributed by atoms with E-state index >= 15 is 0 Å². The van der Waals surface area contributed by atoms with Gasteiger partial charge in [0.1, 0.15) is 0 Å². The Balaban J connectivity index is 3.80. The summed E-state index contributed by atoms with van der Waals surface area (Å²) >= 11 is 0. The van der Waals surface area contributed by atoms with Crippen molar-refractivity contribution in [2.75, 3.05) is 32.9 Å². The van der Waals surface area contributed by atoms with Gasteiger partial charge >= 0.3 is 5.97 Å². The summed E-state index contributed by atoms with van der Waals surface area (Å²) < 4.78 is 11.1. The van der Waals surface area contributed by atoms with E-state index < -0.39 is 0 Å². The maximum atomic E-state index is 12.6. The molecule has 0 saturated heterocycles. The first-order valence-electron chi connectivity index (χ1n) is 13.7. The average Bonchev–Trinajstić information content (AvgIpc) is 2.78. The van der Waals surface area contributed by atoms with Crippen LogP contribution >= 0.6 is 0 Å². The number of rotatable bonds is 25. The van der Waals surface area contributed by atoms with E-state index in [0.717, 1.165) is 58.4 Å². The largest absolute Gasteiger partial charge is 0.465 e. The summed E-state index contributed by atoms with van der Waals surface area (Å²) in [5.74, 6) is 0.195. The highest BCUT2D eigenvalue weighted by atomic mass is 16.5. The Morgan fingerprint density at radius 2 is 1.19 bits per heavy atom. The second-order valence-corrected chi connectivity index (χ2v) is 9.05. The van der Waals surface area contributed by atoms with Crippen LogP contribution in [-0.2, 0) is 14.3 Å². The Hall–Kier alpha value is -0.610. The molecule has 4 heteroatoms. The highest BCUT2D eigenvalue weighted by Gasteiger charge is 2.19. The fraction of sp³-hybridized carbons (Fsp3) is 0.963. The molecule has 0 heterocycles. The van der Waals surface area contributed by atoms with Crippen molar-refractivity contribution in [1.82, 2.24) is 5.32 Å². The standard InChI is InChI=1S/C27H55NO3/c1-4-7-9-11-12-16-20-26(19-15-10-8-5-2)27(29)31-24-18-14-13-17-21-28-22-25-30-23-6-3/h26,28H,4-25H2,1-3H3. The molecular weight excluding hydrogens is 386 g/mol. The van der Waals surface area contributed by atoms with Crippen LogP contribution in [0.3, 0.4) is 0 Å². The quantitative estimate of drug-likeness (QED) is 0.118. The minimum absolute atomic E-state index is 0.0683. The van der Waals surface area contributed by atoms with Crippen molar-refractivity contribution in [2.45, 2.75) is 130 Å². The maximum Gasteiger partial charge on any atom is 0.308 e. The Kier molecular flexibility index (Phi) is 25.1. The van der Waals surface area contributed by atoms with E-state index in [1.807, 2.05) is 0 Å². The molecule has 0 saturated carbocycles. The molecule has 0 aliphatic carbocycles. The first kappa shape index (κ1) is 30.4. The third-order valence-electron chi connectivity index (χ3n) is 5.91. The molecule has 0 spiro atoms. The van der Waals surface area contributed by atoms with Gasteiger partial charge in [-0.1, -0.05) is 97.8 Å². The van der Waals surface area contributed by atoms with Crippen LogP contribution in [0, 0.1) is 5.92 Å². The van der Waals surface area contributed by atoms with Gasteiger partial charge in [-0.3, -0.25) is 4.79 Å². The smallest absolute Gasteiger partial charge is 0.308 e. The van der Waals surface area contributed by atoms with Gasteiger partial charge in [0.2, 0.25) is 0 Å². The highest BCUT2D eigenvalue weighted by Crippen LogP contribution is 2.20. The Bertz CT molecular complexity index is 362. The second-order valence-electron chi connectivity index (χ2n) is 9.05. The Labute approximate surface area is 194 Å². The first-order chi connectivity index (χ1) is 15.3. The van der Waals surface area contributed by atoms with Crippen LogP contribution in [0.4, 0.5) is 0 Å². The minimum atomic E-state index is 0.0683. The zero-order chi connectivity index (χ0) is 22.8. The molecule has 0 radical (unpaired) electrons. The van der Waals surface area contributed by atoms with Crippen molar-refractivity contribution in [2.24, 2.45) is 5.92 Å². The molecule has 0 aliphatic heterocycles. The molecule has 31 heavy (non-hydrogen) atoms. The van der Waals surface area contributed by atoms with Crippen LogP contribution in [0.15, 0.2) is 0 Å². The summed E-state index contributed by atoms with van der Waals surface area (Å²) in [7, 11) is 0. The molecule has 0 aromatic heterocycles. The summed E-state index contributed by atoms with van der Waals surface area (Å²) in [6, 6.07) is 0. The minimum Gasteiger partial charge on any atom is -0.465 e. The maximum absolute atomic E-state index is 12.6. The van der Waals surface area contributed by atoms with E-state index in [9.17, 15) is 4.79 Å². The predicted octanol–water partition coefficient (Wildman–Crippen LogP) is 7.44. The van der Waals surface area contributed by atoms with Crippen LogP contribution in [0.2, 0.25) is 0 Å². The molecule has 0 aliphatic rings. The van der Waals surface area contributed by atoms with Crippen LogP contribution in [0.25, 0.3) is 0 Å². The van der Waals surface area contributed by atoms with E-state index in [0.29, 0.717) is 6.61 Å². The number of esters is 1. The normalized spacial score (nSPS) is 12.2. The third kappa shape index (κ3) is 22.4. The van der Waals surface area contributed by atoms with Crippen LogP contribution < -0.4 is 5.32 Å². The van der Waals surface area contributed by atoms with Gasteiger partial charge in [0.15, 0.2) is 0 Å². The molecule has 186 valence electrons. The van der Waals surface area contributed by atoms with Gasteiger partial charge in [-0.15, -0.1) is 0 Å². The molecule has 0 amide bonds. The van der Waals surface area contributed by atoms with Crippen molar-refractivity contribution in [3.05, 3.63) is 0 Å². The summed E-state index contributed by atoms with van der Waals surface area (Å²) in [5, 5.41) is 3.42. The van der Waals surface area contributed by atoms with Crippen molar-refractivity contribution in [3.63, 3.8) is 0 Å². The summed E-state index contributed by atoms with van der Waals surface area (Å²) in [6.45, 7) is 10.9. The Morgan fingerprint density at radius 3 is 1.87 bits per heavy atom. The fourth-order valence-corrected chi connectivity index (χ4v) is 3.88. The number of hydrogen-bond donors (Lipinski definition) is 1. The van der Waals surface area contributed by atoms with Crippen molar-refractivity contribution in [1.29, 1.82) is 0 Å². The number of nitrogens with one attached hydrogen (secondary N) is 1. The van der Waals surface area contributed by atoms with Gasteiger partial charge < -0.3 is 14.8 Å². The van der Waals surface area contributed by atoms with Crippen LogP contribution in [0.5, 0.6) is 0 Å². The summed E-state index contributed by atoms with van der Waals surface area (Å²) in [4.78, 5) is 12.6. The van der Waals surface area contributed by atoms with Gasteiger partial charge in [0.25, 0.3) is 0 Å². The van der Waals surface area contributed by atoms with Gasteiger partial charge in [-0.25, -0.2) is 0 Å². The lowest BCUT2D eigenvalue weighted by Crippen LogP contribution is -2.21. The van der Waals surface area contributed by atoms with E-state index in [-0.39, 0.29) is 11.9 Å². The number of carbonyl (C=O) groups excluding carboxylic acids is 1. The monoisotopic (exact) mass is 441 g/mol. The average molecular weight is 442 g/mol. The summed E-state index contributed by atoms with van der Waals surface area (Å²) in [6.07, 6.45) is 20.3. The van der Waals surface area contributed by atoms with Gasteiger partial charge in [-0.05, 0) is 38.6 Å². The number of hydrogen-bond acceptors (Lipinski definition) is 4. The zero-order valence-corrected chi connectivity index (χ0v) is 21.4. The molecule has 1 unspecified atom stereocenters. The topological polar surface area (TPSA) is 47.6 Å². The number of unbranched alkanes of at least 4 members (excludes halogenated alkanes) is 11. The summed E-state index contributed by atoms with van der Waals surface area (Å²) in [5.41, 5.74) is 0. The second kappa shape index (κ2) is 25.6. The number of carbonyl (C=O) groups is 1. The molecular formula is C27H55NO3. The SMILES string of the molecule is CCCCCCCCC(CCCCCC)C(=O)OCCCCCCNCCOCCC. The first-order valence-corrected chi connectivity index (χ1v) is 13.7. The lowest BCUT2D eigenvalue weighted by Gasteiger charge is -2.16. The van der Waals surface area contributed by atoms with Crippen LogP contribution in [-0.4, -0.2) is 38.9 Å². The van der Waals surface area contributed by atoms with Crippen molar-refractivity contribution < 1.29 is 14.3 Å². The molecule has 4 nitrogen and oxygen atoms in total. The zero-order valence-electron chi connectivity index (χ0n) is 21.4. The lowest BCUT2D eigenvalue weighted by molar-refractivity contribution is -0.149. The molecule has 0 fully saturated rings. The predicted molar refractivity (Wildman–Crippen MR) is 134 cm³/mol. The molecule has 0 rings (SSSR count). The van der Waals surface area contributed by atoms with E-state index in [4.69, 9.17) is 9.47 Å². The third-order valence-corrected chi connectivity index (χ3v) is 5.91. The van der Waals surface area contributed by atoms with Crippen molar-refractivity contribution in [3.8, 4) is 0 Å². The molecule has 1 N–H and O–H groups in total.